The van der Waals surface area contributed by atoms with Gasteiger partial charge in [-0.3, -0.25) is 24.0 Å². The van der Waals surface area contributed by atoms with Gasteiger partial charge in [0, 0.05) is 46.6 Å². The van der Waals surface area contributed by atoms with Crippen molar-refractivity contribution < 1.29 is 34.8 Å². The molecule has 0 aliphatic carbocycles. The molecule has 2 N–H and O–H groups in total. The molecule has 1 atom stereocenters. The second-order valence-corrected chi connectivity index (χ2v) is 20.6. The predicted molar refractivity (Wildman–Crippen MR) is 290 cm³/mol. The Morgan fingerprint density at radius 2 is 0.725 bits per heavy atom. The third-order valence-corrected chi connectivity index (χ3v) is 13.8. The molecule has 0 saturated carbocycles. The SMILES string of the molecule is [2H]CCCCCCNC(=O)CCCCCCCCCCCNC(=O)CCC(=O)CC(CCC(=O)OCCCCCCCCCCCCCCCC)C(=O)OCCCCCCCCCCCCCCCC. The molecule has 9 nitrogen and oxygen atoms in total. The van der Waals surface area contributed by atoms with Crippen LogP contribution >= 0.6 is 0 Å². The van der Waals surface area contributed by atoms with E-state index in [1.165, 1.54) is 161 Å². The summed E-state index contributed by atoms with van der Waals surface area (Å²) in [6.45, 7) is 7.08. The van der Waals surface area contributed by atoms with Crippen LogP contribution in [0, 0.1) is 5.92 Å². The zero-order valence-corrected chi connectivity index (χ0v) is 45.7. The predicted octanol–water partition coefficient (Wildman–Crippen LogP) is 16.9. The molecule has 0 radical (unpaired) electrons. The quantitative estimate of drug-likeness (QED) is 0.0459. The number of carbonyl (C=O) groups excluding carboxylic acids is 5. The molecule has 0 fully saturated rings. The molecule has 0 spiro atoms. The van der Waals surface area contributed by atoms with Gasteiger partial charge in [0.05, 0.1) is 19.1 Å². The minimum atomic E-state index is -0.715. The maximum absolute atomic E-state index is 13.3. The molecule has 0 rings (SSSR count). The van der Waals surface area contributed by atoms with Gasteiger partial charge in [-0.15, -0.1) is 0 Å². The molecular formula is C60H114N2O7. The number of unbranched alkanes of at least 4 members (excludes halogenated alkanes) is 37. The van der Waals surface area contributed by atoms with E-state index in [4.69, 9.17) is 10.8 Å². The molecule has 0 heterocycles. The average molecular weight is 977 g/mol. The van der Waals surface area contributed by atoms with E-state index in [-0.39, 0.29) is 55.7 Å². The van der Waals surface area contributed by atoms with Crippen LogP contribution in [0.3, 0.4) is 0 Å². The van der Waals surface area contributed by atoms with Crippen molar-refractivity contribution in [3.05, 3.63) is 0 Å². The van der Waals surface area contributed by atoms with Gasteiger partial charge in [-0.1, -0.05) is 252 Å². The first-order valence-corrected chi connectivity index (χ1v) is 30.0. The topological polar surface area (TPSA) is 128 Å². The average Bonchev–Trinajstić information content (AvgIpc) is 3.35. The van der Waals surface area contributed by atoms with E-state index < -0.39 is 11.9 Å². The molecule has 0 aromatic heterocycles. The normalized spacial score (nSPS) is 11.9. The zero-order valence-electron chi connectivity index (χ0n) is 46.7. The monoisotopic (exact) mass is 976 g/mol. The molecule has 0 aromatic rings. The van der Waals surface area contributed by atoms with Crippen LogP contribution in [0.1, 0.15) is 324 Å². The minimum Gasteiger partial charge on any atom is -0.466 e. The lowest BCUT2D eigenvalue weighted by Crippen LogP contribution is -2.26. The van der Waals surface area contributed by atoms with Gasteiger partial charge in [-0.25, -0.2) is 0 Å². The van der Waals surface area contributed by atoms with Crippen LogP contribution in [0.15, 0.2) is 0 Å². The van der Waals surface area contributed by atoms with Gasteiger partial charge >= 0.3 is 11.9 Å². The van der Waals surface area contributed by atoms with Gasteiger partial charge in [0.25, 0.3) is 0 Å². The number of nitrogens with one attached hydrogen (secondary N) is 2. The summed E-state index contributed by atoms with van der Waals surface area (Å²) in [6, 6.07) is 0. The molecule has 0 aliphatic rings. The molecule has 9 heteroatoms. The van der Waals surface area contributed by atoms with Gasteiger partial charge < -0.3 is 20.1 Å². The maximum Gasteiger partial charge on any atom is 0.309 e. The van der Waals surface area contributed by atoms with Crippen LogP contribution in [-0.2, 0) is 33.4 Å². The van der Waals surface area contributed by atoms with E-state index in [9.17, 15) is 24.0 Å². The van der Waals surface area contributed by atoms with E-state index >= 15 is 0 Å². The van der Waals surface area contributed by atoms with Crippen LogP contribution in [-0.4, -0.2) is 55.8 Å². The Hall–Kier alpha value is -2.45. The van der Waals surface area contributed by atoms with Crippen LogP contribution in [0.4, 0.5) is 0 Å². The van der Waals surface area contributed by atoms with Gasteiger partial charge in [0.15, 0.2) is 0 Å². The van der Waals surface area contributed by atoms with Crippen molar-refractivity contribution in [3.8, 4) is 0 Å². The van der Waals surface area contributed by atoms with Crippen LogP contribution < -0.4 is 10.6 Å². The minimum absolute atomic E-state index is 0.0266. The van der Waals surface area contributed by atoms with Crippen molar-refractivity contribution >= 4 is 29.5 Å². The summed E-state index contributed by atoms with van der Waals surface area (Å²) >= 11 is 0. The Kier molecular flexibility index (Phi) is 51.3. The molecule has 0 saturated heterocycles. The highest BCUT2D eigenvalue weighted by Gasteiger charge is 2.25. The molecule has 1 unspecified atom stereocenters. The number of hydrogen-bond acceptors (Lipinski definition) is 7. The summed E-state index contributed by atoms with van der Waals surface area (Å²) in [5.74, 6) is -1.62. The summed E-state index contributed by atoms with van der Waals surface area (Å²) in [4.78, 5) is 63.6. The summed E-state index contributed by atoms with van der Waals surface area (Å²) in [6.07, 6.45) is 50.3. The number of ketones is 1. The first-order chi connectivity index (χ1) is 34.3. The molecule has 0 aliphatic heterocycles. The van der Waals surface area contributed by atoms with E-state index in [1.54, 1.807) is 0 Å². The lowest BCUT2D eigenvalue weighted by atomic mass is 9.95. The second-order valence-electron chi connectivity index (χ2n) is 20.6. The maximum atomic E-state index is 13.3. The van der Waals surface area contributed by atoms with Crippen molar-refractivity contribution in [2.24, 2.45) is 5.92 Å². The van der Waals surface area contributed by atoms with Crippen molar-refractivity contribution in [1.29, 1.82) is 0 Å². The molecule has 2 amide bonds. The van der Waals surface area contributed by atoms with Crippen LogP contribution in [0.5, 0.6) is 0 Å². The molecule has 406 valence electrons. The fourth-order valence-electron chi connectivity index (χ4n) is 9.13. The number of amides is 2. The van der Waals surface area contributed by atoms with Crippen molar-refractivity contribution in [3.63, 3.8) is 0 Å². The zero-order chi connectivity index (χ0) is 51.1. The molecule has 0 aromatic carbocycles. The molecule has 69 heavy (non-hydrogen) atoms. The first kappa shape index (κ1) is 64.6. The van der Waals surface area contributed by atoms with Gasteiger partial charge in [0.1, 0.15) is 5.78 Å². The lowest BCUT2D eigenvalue weighted by Gasteiger charge is -2.15. The number of ether oxygens (including phenoxy) is 2. The Morgan fingerprint density at radius 1 is 0.377 bits per heavy atom. The Bertz CT molecular complexity index is 1190. The largest absolute Gasteiger partial charge is 0.466 e. The fraction of sp³-hybridized carbons (Fsp3) is 0.917. The van der Waals surface area contributed by atoms with E-state index in [2.05, 4.69) is 24.5 Å². The van der Waals surface area contributed by atoms with E-state index in [0.717, 1.165) is 109 Å². The van der Waals surface area contributed by atoms with Crippen molar-refractivity contribution in [1.82, 2.24) is 10.6 Å². The molecule has 0 bridgehead atoms. The highest BCUT2D eigenvalue weighted by Crippen LogP contribution is 2.19. The Balaban J connectivity index is 4.38. The number of esters is 2. The summed E-state index contributed by atoms with van der Waals surface area (Å²) in [5, 5.41) is 5.97. The van der Waals surface area contributed by atoms with Gasteiger partial charge in [-0.05, 0) is 38.5 Å². The van der Waals surface area contributed by atoms with Crippen molar-refractivity contribution in [2.75, 3.05) is 26.3 Å². The Labute approximate surface area is 428 Å². The highest BCUT2D eigenvalue weighted by atomic mass is 16.5. The Morgan fingerprint density at radius 3 is 1.16 bits per heavy atom. The second kappa shape index (κ2) is 54.9. The van der Waals surface area contributed by atoms with Gasteiger partial charge in [-0.2, -0.15) is 0 Å². The summed E-state index contributed by atoms with van der Waals surface area (Å²) in [5.41, 5.74) is 0. The summed E-state index contributed by atoms with van der Waals surface area (Å²) < 4.78 is 18.4. The third-order valence-electron chi connectivity index (χ3n) is 13.8. The standard InChI is InChI=1S/C60H114N2O7/c1-4-7-10-13-15-17-19-21-23-25-30-34-38-43-52-68-59(66)49-46-55(60(67)69-53-44-39-35-31-26-24-22-20-18-16-14-11-8-5-2)54-56(63)47-48-58(65)62-51-42-37-33-29-27-28-32-36-40-45-57(64)61-50-41-12-9-6-3/h55H,4-54H2,1-3H3,(H,61,64)(H,62,65)/i3D. The third kappa shape index (κ3) is 51.7. The van der Waals surface area contributed by atoms with Crippen molar-refractivity contribution in [2.45, 2.75) is 323 Å². The van der Waals surface area contributed by atoms with Crippen LogP contribution in [0.2, 0.25) is 0 Å². The fourth-order valence-corrected chi connectivity index (χ4v) is 9.13. The summed E-state index contributed by atoms with van der Waals surface area (Å²) in [7, 11) is 0. The lowest BCUT2D eigenvalue weighted by molar-refractivity contribution is -0.151. The highest BCUT2D eigenvalue weighted by molar-refractivity contribution is 5.88. The smallest absolute Gasteiger partial charge is 0.309 e. The van der Waals surface area contributed by atoms with Gasteiger partial charge in [0.2, 0.25) is 11.8 Å². The number of carbonyl (C=O) groups is 5. The first-order valence-electron chi connectivity index (χ1n) is 30.7. The number of Topliss-reactive ketones (excluding diaryl/α,β-unsaturated/α-hetero) is 1. The van der Waals surface area contributed by atoms with Crippen LogP contribution in [0.25, 0.3) is 0 Å². The van der Waals surface area contributed by atoms with E-state index in [1.807, 2.05) is 0 Å². The molecular weight excluding hydrogens is 861 g/mol. The van der Waals surface area contributed by atoms with E-state index in [0.29, 0.717) is 33.1 Å². The number of hydrogen-bond donors (Lipinski definition) is 2. The number of rotatable bonds is 56.